The Morgan fingerprint density at radius 3 is 2.21 bits per heavy atom. The zero-order valence-corrected chi connectivity index (χ0v) is 15.0. The van der Waals surface area contributed by atoms with Gasteiger partial charge in [0.05, 0.1) is 6.21 Å². The highest BCUT2D eigenvalue weighted by molar-refractivity contribution is 9.10. The Labute approximate surface area is 149 Å². The first kappa shape index (κ1) is 17.9. The molecule has 6 heteroatoms. The van der Waals surface area contributed by atoms with E-state index in [-0.39, 0.29) is 0 Å². The highest BCUT2D eigenvalue weighted by atomic mass is 79.9. The molecular weight excluding hydrogens is 370 g/mol. The number of carbonyl (C=O) groups excluding carboxylic acids is 2. The van der Waals surface area contributed by atoms with Crippen molar-refractivity contribution < 1.29 is 9.59 Å². The van der Waals surface area contributed by atoms with Crippen LogP contribution in [0.3, 0.4) is 0 Å². The lowest BCUT2D eigenvalue weighted by Crippen LogP contribution is -2.32. The molecule has 0 aliphatic rings. The van der Waals surface area contributed by atoms with Gasteiger partial charge >= 0.3 is 11.8 Å². The topological polar surface area (TPSA) is 70.6 Å². The van der Waals surface area contributed by atoms with E-state index in [1.165, 1.54) is 11.8 Å². The first-order chi connectivity index (χ1) is 11.5. The minimum absolute atomic E-state index is 0.456. The Morgan fingerprint density at radius 2 is 1.62 bits per heavy atom. The second kappa shape index (κ2) is 8.40. The van der Waals surface area contributed by atoms with E-state index in [1.54, 1.807) is 24.3 Å². The summed E-state index contributed by atoms with van der Waals surface area (Å²) in [5.41, 5.74) is 4.81. The van der Waals surface area contributed by atoms with Crippen LogP contribution in [0.4, 0.5) is 5.69 Å². The van der Waals surface area contributed by atoms with E-state index in [9.17, 15) is 9.59 Å². The molecule has 24 heavy (non-hydrogen) atoms. The number of halogens is 1. The lowest BCUT2D eigenvalue weighted by atomic mass is 10.0. The predicted molar refractivity (Wildman–Crippen MR) is 99.0 cm³/mol. The first-order valence-corrected chi connectivity index (χ1v) is 8.25. The molecule has 5 nitrogen and oxygen atoms in total. The van der Waals surface area contributed by atoms with E-state index < -0.39 is 11.8 Å². The second-order valence-corrected chi connectivity index (χ2v) is 6.40. The summed E-state index contributed by atoms with van der Waals surface area (Å²) in [4.78, 5) is 23.5. The fourth-order valence-corrected chi connectivity index (χ4v) is 2.17. The Bertz CT molecular complexity index is 738. The van der Waals surface area contributed by atoms with Gasteiger partial charge in [0.25, 0.3) is 0 Å². The van der Waals surface area contributed by atoms with E-state index in [4.69, 9.17) is 0 Å². The van der Waals surface area contributed by atoms with E-state index in [1.807, 2.05) is 24.3 Å². The van der Waals surface area contributed by atoms with Crippen LogP contribution in [0, 0.1) is 0 Å². The average Bonchev–Trinajstić information content (AvgIpc) is 2.57. The van der Waals surface area contributed by atoms with Crippen LogP contribution < -0.4 is 10.7 Å². The highest BCUT2D eigenvalue weighted by Crippen LogP contribution is 2.14. The van der Waals surface area contributed by atoms with Gasteiger partial charge in [-0.25, -0.2) is 5.43 Å². The monoisotopic (exact) mass is 387 g/mol. The van der Waals surface area contributed by atoms with Crippen LogP contribution in [0.1, 0.15) is 30.9 Å². The fourth-order valence-electron chi connectivity index (χ4n) is 1.90. The van der Waals surface area contributed by atoms with Crippen molar-refractivity contribution in [1.82, 2.24) is 5.43 Å². The molecule has 0 spiro atoms. The molecule has 2 N–H and O–H groups in total. The lowest BCUT2D eigenvalue weighted by Gasteiger charge is -2.05. The van der Waals surface area contributed by atoms with Crippen LogP contribution in [-0.2, 0) is 9.59 Å². The summed E-state index contributed by atoms with van der Waals surface area (Å²) >= 11 is 3.30. The van der Waals surface area contributed by atoms with Crippen molar-refractivity contribution in [2.45, 2.75) is 19.8 Å². The maximum absolute atomic E-state index is 11.8. The van der Waals surface area contributed by atoms with Gasteiger partial charge in [-0.15, -0.1) is 0 Å². The molecule has 0 saturated carbocycles. The Hall–Kier alpha value is -2.47. The molecule has 0 radical (unpaired) electrons. The molecule has 2 amide bonds. The fraction of sp³-hybridized carbons (Fsp3) is 0.167. The molecule has 0 fully saturated rings. The molecule has 0 aliphatic carbocycles. The summed E-state index contributed by atoms with van der Waals surface area (Å²) in [5, 5.41) is 6.29. The molecule has 0 atom stereocenters. The third-order valence-electron chi connectivity index (χ3n) is 3.29. The molecule has 2 rings (SSSR count). The first-order valence-electron chi connectivity index (χ1n) is 7.45. The molecule has 124 valence electrons. The van der Waals surface area contributed by atoms with Crippen LogP contribution in [0.2, 0.25) is 0 Å². The summed E-state index contributed by atoms with van der Waals surface area (Å²) in [5.74, 6) is -1.14. The average molecular weight is 388 g/mol. The molecular formula is C18H18BrN3O2. The van der Waals surface area contributed by atoms with Crippen molar-refractivity contribution in [1.29, 1.82) is 0 Å². The number of carbonyl (C=O) groups is 2. The van der Waals surface area contributed by atoms with Crippen molar-refractivity contribution in [3.8, 4) is 0 Å². The maximum Gasteiger partial charge on any atom is 0.329 e. The zero-order valence-electron chi connectivity index (χ0n) is 13.4. The van der Waals surface area contributed by atoms with Crippen molar-refractivity contribution in [2.24, 2.45) is 5.10 Å². The van der Waals surface area contributed by atoms with Crippen LogP contribution in [0.25, 0.3) is 0 Å². The van der Waals surface area contributed by atoms with E-state index in [0.29, 0.717) is 11.6 Å². The minimum Gasteiger partial charge on any atom is -0.318 e. The Balaban J connectivity index is 1.87. The van der Waals surface area contributed by atoms with Gasteiger partial charge in [0.1, 0.15) is 0 Å². The quantitative estimate of drug-likeness (QED) is 0.477. The number of nitrogens with zero attached hydrogens (tertiary/aromatic N) is 1. The largest absolute Gasteiger partial charge is 0.329 e. The molecule has 2 aromatic rings. The van der Waals surface area contributed by atoms with Crippen molar-refractivity contribution in [2.75, 3.05) is 5.32 Å². The number of hydrogen-bond acceptors (Lipinski definition) is 3. The number of hydrogen-bond donors (Lipinski definition) is 2. The molecule has 0 heterocycles. The summed E-state index contributed by atoms with van der Waals surface area (Å²) in [6.07, 6.45) is 1.49. The molecule has 0 aromatic heterocycles. The van der Waals surface area contributed by atoms with Crippen molar-refractivity contribution in [3.63, 3.8) is 0 Å². The van der Waals surface area contributed by atoms with E-state index in [0.717, 1.165) is 10.0 Å². The van der Waals surface area contributed by atoms with E-state index in [2.05, 4.69) is 45.6 Å². The summed E-state index contributed by atoms with van der Waals surface area (Å²) in [6.45, 7) is 4.24. The third-order valence-corrected chi connectivity index (χ3v) is 3.82. The summed E-state index contributed by atoms with van der Waals surface area (Å²) in [6, 6.07) is 14.8. The van der Waals surface area contributed by atoms with Gasteiger partial charge in [0.2, 0.25) is 0 Å². The van der Waals surface area contributed by atoms with Gasteiger partial charge in [-0.2, -0.15) is 5.10 Å². The number of rotatable bonds is 4. The normalized spacial score (nSPS) is 10.8. The molecule has 0 saturated heterocycles. The zero-order chi connectivity index (χ0) is 17.5. The van der Waals surface area contributed by atoms with Crippen LogP contribution in [0.5, 0.6) is 0 Å². The Morgan fingerprint density at radius 1 is 1.00 bits per heavy atom. The molecule has 0 bridgehead atoms. The van der Waals surface area contributed by atoms with Crippen molar-refractivity contribution >= 4 is 39.6 Å². The van der Waals surface area contributed by atoms with Gasteiger partial charge in [0.15, 0.2) is 0 Å². The lowest BCUT2D eigenvalue weighted by molar-refractivity contribution is -0.136. The van der Waals surface area contributed by atoms with Crippen LogP contribution in [0.15, 0.2) is 58.1 Å². The highest BCUT2D eigenvalue weighted by Gasteiger charge is 2.12. The number of anilines is 1. The van der Waals surface area contributed by atoms with Crippen LogP contribution >= 0.6 is 15.9 Å². The smallest absolute Gasteiger partial charge is 0.318 e. The van der Waals surface area contributed by atoms with Crippen molar-refractivity contribution in [3.05, 3.63) is 64.1 Å². The number of amides is 2. The van der Waals surface area contributed by atoms with Gasteiger partial charge in [-0.3, -0.25) is 9.59 Å². The van der Waals surface area contributed by atoms with Gasteiger partial charge < -0.3 is 5.32 Å². The van der Waals surface area contributed by atoms with Gasteiger partial charge in [-0.05, 0) is 41.3 Å². The number of hydrazone groups is 1. The standard InChI is InChI=1S/C18H18BrN3O2/c1-12(2)14-5-3-13(4-6-14)11-20-22-18(24)17(23)21-16-9-7-15(19)8-10-16/h3-12H,1-2H3,(H,21,23)(H,22,24)/b20-11-. The number of benzene rings is 2. The Kier molecular flexibility index (Phi) is 6.26. The molecule has 2 aromatic carbocycles. The van der Waals surface area contributed by atoms with E-state index >= 15 is 0 Å². The predicted octanol–water partition coefficient (Wildman–Crippen LogP) is 3.66. The minimum atomic E-state index is -0.826. The maximum atomic E-state index is 11.8. The van der Waals surface area contributed by atoms with Crippen LogP contribution in [-0.4, -0.2) is 18.0 Å². The molecule has 0 aliphatic heterocycles. The third kappa shape index (κ3) is 5.31. The summed E-state index contributed by atoms with van der Waals surface area (Å²) < 4.78 is 0.887. The molecule has 0 unspecified atom stereocenters. The van der Waals surface area contributed by atoms with Gasteiger partial charge in [-0.1, -0.05) is 54.0 Å². The van der Waals surface area contributed by atoms with Gasteiger partial charge in [0, 0.05) is 10.2 Å². The summed E-state index contributed by atoms with van der Waals surface area (Å²) in [7, 11) is 0. The SMILES string of the molecule is CC(C)c1ccc(/C=N\NC(=O)C(=O)Nc2ccc(Br)cc2)cc1. The number of nitrogens with one attached hydrogen (secondary N) is 2. The second-order valence-electron chi connectivity index (χ2n) is 5.48.